The fourth-order valence-corrected chi connectivity index (χ4v) is 5.27. The molecule has 30 heavy (non-hydrogen) atoms. The van der Waals surface area contributed by atoms with E-state index in [2.05, 4.69) is 19.9 Å². The lowest BCUT2D eigenvalue weighted by atomic mass is 10.0. The molecule has 11 heteroatoms. The summed E-state index contributed by atoms with van der Waals surface area (Å²) >= 11 is 0. The number of nitrogens with zero attached hydrogens (tertiary/aromatic N) is 5. The average molecular weight is 430 g/mol. The molecule has 2 bridgehead atoms. The minimum Gasteiger partial charge on any atom is -0.444 e. The molecule has 2 aliphatic heterocycles. The number of piperidine rings is 1. The Morgan fingerprint density at radius 1 is 1.27 bits per heavy atom. The van der Waals surface area contributed by atoms with Gasteiger partial charge in [-0.2, -0.15) is 0 Å². The Labute approximate surface area is 173 Å². The van der Waals surface area contributed by atoms with E-state index in [1.807, 2.05) is 20.8 Å². The molecular weight excluding hydrogens is 408 g/mol. The standard InChI is InChI=1S/C19H22N6O4S/c1-18(2,3)29-17(26)25-8-10-13-14(25)19(10,13)12-5-11(9-6-21-15(20)22-7-9)23-16(24-12)30(4,27)28/h5-7,10,13-14H,8H2,1-4H3,(H2,20,21,22)/t10-,13-,14?,19-/m1/s1. The van der Waals surface area contributed by atoms with Gasteiger partial charge in [-0.3, -0.25) is 0 Å². The Balaban J connectivity index is 1.52. The molecule has 0 aromatic carbocycles. The van der Waals surface area contributed by atoms with Gasteiger partial charge in [0.25, 0.3) is 0 Å². The van der Waals surface area contributed by atoms with Crippen molar-refractivity contribution in [3.05, 3.63) is 24.2 Å². The summed E-state index contributed by atoms with van der Waals surface area (Å²) in [7, 11) is -3.64. The number of nitrogen functional groups attached to an aromatic ring is 1. The highest BCUT2D eigenvalue weighted by Crippen LogP contribution is 2.85. The van der Waals surface area contributed by atoms with Crippen LogP contribution >= 0.6 is 0 Å². The second kappa shape index (κ2) is 5.65. The van der Waals surface area contributed by atoms with Gasteiger partial charge in [0.1, 0.15) is 5.60 Å². The molecule has 0 radical (unpaired) electrons. The molecule has 2 aliphatic carbocycles. The van der Waals surface area contributed by atoms with Crippen molar-refractivity contribution in [2.24, 2.45) is 11.8 Å². The van der Waals surface area contributed by atoms with Gasteiger partial charge in [-0.25, -0.2) is 33.1 Å². The zero-order valence-corrected chi connectivity index (χ0v) is 17.8. The zero-order valence-electron chi connectivity index (χ0n) is 17.0. The molecule has 4 atom stereocenters. The molecule has 4 aliphatic rings. The highest BCUT2D eigenvalue weighted by atomic mass is 32.2. The molecular formula is C19H22N6O4S. The molecule has 158 valence electrons. The summed E-state index contributed by atoms with van der Waals surface area (Å²) in [4.78, 5) is 30.9. The lowest BCUT2D eigenvalue weighted by Gasteiger charge is -2.24. The van der Waals surface area contributed by atoms with Gasteiger partial charge in [-0.15, -0.1) is 0 Å². The van der Waals surface area contributed by atoms with Gasteiger partial charge in [0.15, 0.2) is 0 Å². The number of sulfone groups is 1. The number of carbonyl (C=O) groups is 1. The number of rotatable bonds is 3. The van der Waals surface area contributed by atoms with Crippen LogP contribution in [0.1, 0.15) is 26.5 Å². The van der Waals surface area contributed by atoms with Crippen molar-refractivity contribution in [1.82, 2.24) is 24.8 Å². The number of hydrogen-bond acceptors (Lipinski definition) is 9. The van der Waals surface area contributed by atoms with E-state index in [0.717, 1.165) is 6.26 Å². The second-order valence-electron chi connectivity index (χ2n) is 9.17. The molecule has 10 nitrogen and oxygen atoms in total. The Hall–Kier alpha value is -2.82. The van der Waals surface area contributed by atoms with E-state index in [4.69, 9.17) is 10.5 Å². The minimum absolute atomic E-state index is 0.0184. The zero-order chi connectivity index (χ0) is 21.6. The SMILES string of the molecule is CC(C)(C)OC(=O)N1C[C@@H]2[C@@H]3C1[C@@]23c1cc(-c2cnc(N)nc2)nc(S(C)(=O)=O)n1. The van der Waals surface area contributed by atoms with Crippen molar-refractivity contribution in [2.75, 3.05) is 18.5 Å². The third-order valence-corrected chi connectivity index (χ3v) is 6.86. The first kappa shape index (κ1) is 19.2. The second-order valence-corrected chi connectivity index (χ2v) is 11.1. The first-order valence-corrected chi connectivity index (χ1v) is 11.5. The number of ether oxygens (including phenoxy) is 1. The van der Waals surface area contributed by atoms with Crippen LogP contribution in [0.4, 0.5) is 10.7 Å². The van der Waals surface area contributed by atoms with E-state index in [1.165, 1.54) is 12.4 Å². The number of carbonyl (C=O) groups excluding carboxylic acids is 1. The monoisotopic (exact) mass is 430 g/mol. The van der Waals surface area contributed by atoms with Crippen LogP contribution in [0.5, 0.6) is 0 Å². The van der Waals surface area contributed by atoms with Crippen molar-refractivity contribution in [1.29, 1.82) is 0 Å². The third-order valence-electron chi connectivity index (χ3n) is 6.02. The molecule has 2 N–H and O–H groups in total. The van der Waals surface area contributed by atoms with E-state index in [9.17, 15) is 13.2 Å². The van der Waals surface area contributed by atoms with Crippen LogP contribution in [0, 0.1) is 11.8 Å². The predicted octanol–water partition coefficient (Wildman–Crippen LogP) is 1.04. The first-order valence-electron chi connectivity index (χ1n) is 9.60. The van der Waals surface area contributed by atoms with Crippen LogP contribution < -0.4 is 5.73 Å². The van der Waals surface area contributed by atoms with Gasteiger partial charge >= 0.3 is 6.09 Å². The topological polar surface area (TPSA) is 141 Å². The summed E-state index contributed by atoms with van der Waals surface area (Å²) in [5.74, 6) is 0.654. The summed E-state index contributed by atoms with van der Waals surface area (Å²) < 4.78 is 30.0. The van der Waals surface area contributed by atoms with Crippen LogP contribution in [-0.4, -0.2) is 63.8 Å². The Bertz CT molecular complexity index is 1170. The number of hydrogen-bond donors (Lipinski definition) is 1. The summed E-state index contributed by atoms with van der Waals surface area (Å²) in [6, 6.07) is 1.75. The van der Waals surface area contributed by atoms with Gasteiger partial charge in [0.2, 0.25) is 20.9 Å². The van der Waals surface area contributed by atoms with Gasteiger partial charge < -0.3 is 15.4 Å². The highest BCUT2D eigenvalue weighted by Gasteiger charge is 2.94. The maximum absolute atomic E-state index is 12.6. The normalized spacial score (nSPS) is 28.8. The molecule has 2 aromatic heterocycles. The van der Waals surface area contributed by atoms with Crippen LogP contribution in [0.2, 0.25) is 0 Å². The summed E-state index contributed by atoms with van der Waals surface area (Å²) in [6.07, 6.45) is 3.73. The summed E-state index contributed by atoms with van der Waals surface area (Å²) in [5, 5.41) is -0.248. The van der Waals surface area contributed by atoms with Crippen molar-refractivity contribution in [2.45, 2.75) is 43.0 Å². The van der Waals surface area contributed by atoms with Gasteiger partial charge in [0, 0.05) is 36.2 Å². The van der Waals surface area contributed by atoms with Crippen molar-refractivity contribution < 1.29 is 17.9 Å². The van der Waals surface area contributed by atoms with Crippen molar-refractivity contribution in [3.63, 3.8) is 0 Å². The molecule has 2 aromatic rings. The number of fused-ring (bicyclic) bond motifs is 1. The average Bonchev–Trinajstić information content (AvgIpc) is 3.37. The van der Waals surface area contributed by atoms with E-state index in [-0.39, 0.29) is 40.5 Å². The lowest BCUT2D eigenvalue weighted by Crippen LogP contribution is -2.36. The van der Waals surface area contributed by atoms with Gasteiger partial charge in [0.05, 0.1) is 17.4 Å². The van der Waals surface area contributed by atoms with E-state index in [0.29, 0.717) is 23.5 Å². The lowest BCUT2D eigenvalue weighted by molar-refractivity contribution is 0.0278. The molecule has 4 fully saturated rings. The highest BCUT2D eigenvalue weighted by molar-refractivity contribution is 7.90. The number of aromatic nitrogens is 4. The summed E-state index contributed by atoms with van der Waals surface area (Å²) in [6.45, 7) is 6.08. The van der Waals surface area contributed by atoms with E-state index < -0.39 is 15.4 Å². The molecule has 1 amide bonds. The van der Waals surface area contributed by atoms with E-state index >= 15 is 0 Å². The Morgan fingerprint density at radius 2 is 1.93 bits per heavy atom. The maximum atomic E-state index is 12.6. The molecule has 0 spiro atoms. The Kier molecular flexibility index (Phi) is 3.61. The molecule has 2 saturated carbocycles. The quantitative estimate of drug-likeness (QED) is 0.707. The summed E-state index contributed by atoms with van der Waals surface area (Å²) in [5.41, 5.74) is 6.25. The number of nitrogens with two attached hydrogens (primary N) is 1. The molecule has 4 heterocycles. The fraction of sp³-hybridized carbons (Fsp3) is 0.526. The molecule has 2 saturated heterocycles. The predicted molar refractivity (Wildman–Crippen MR) is 106 cm³/mol. The Morgan fingerprint density at radius 3 is 2.50 bits per heavy atom. The number of anilines is 1. The smallest absolute Gasteiger partial charge is 0.410 e. The molecule has 6 rings (SSSR count). The maximum Gasteiger partial charge on any atom is 0.410 e. The third kappa shape index (κ3) is 2.68. The van der Waals surface area contributed by atoms with Gasteiger partial charge in [-0.05, 0) is 38.7 Å². The minimum atomic E-state index is -3.64. The van der Waals surface area contributed by atoms with Crippen molar-refractivity contribution in [3.8, 4) is 11.3 Å². The molecule has 1 unspecified atom stereocenters. The van der Waals surface area contributed by atoms with Gasteiger partial charge in [-0.1, -0.05) is 0 Å². The van der Waals surface area contributed by atoms with E-state index in [1.54, 1.807) is 11.0 Å². The fourth-order valence-electron chi connectivity index (χ4n) is 4.74. The van der Waals surface area contributed by atoms with Crippen LogP contribution in [-0.2, 0) is 20.0 Å². The van der Waals surface area contributed by atoms with Crippen molar-refractivity contribution >= 4 is 21.9 Å². The van der Waals surface area contributed by atoms with Crippen LogP contribution in [0.3, 0.4) is 0 Å². The largest absolute Gasteiger partial charge is 0.444 e. The first-order chi connectivity index (χ1) is 13.9. The number of amides is 1. The van der Waals surface area contributed by atoms with Crippen LogP contribution in [0.25, 0.3) is 11.3 Å². The van der Waals surface area contributed by atoms with Crippen LogP contribution in [0.15, 0.2) is 23.6 Å².